The summed E-state index contributed by atoms with van der Waals surface area (Å²) in [5, 5.41) is 14.6. The topological polar surface area (TPSA) is 41.5 Å². The van der Waals surface area contributed by atoms with Gasteiger partial charge in [0.1, 0.15) is 0 Å². The number of ether oxygens (including phenoxy) is 1. The zero-order valence-electron chi connectivity index (χ0n) is 10.3. The molecule has 1 saturated heterocycles. The standard InChI is InChI=1S/C13H18ClNO2/c1-9-13(16,17-8-12(2,3)15-9)10-5-4-6-11(14)7-10/h4-7,9,15-16H,8H2,1-3H3/t9-,13-/m1/s1. The summed E-state index contributed by atoms with van der Waals surface area (Å²) in [4.78, 5) is 0. The second kappa shape index (κ2) is 4.25. The molecule has 0 saturated carbocycles. The van der Waals surface area contributed by atoms with Gasteiger partial charge in [-0.05, 0) is 32.9 Å². The molecule has 1 heterocycles. The number of rotatable bonds is 1. The van der Waals surface area contributed by atoms with E-state index in [0.717, 1.165) is 0 Å². The van der Waals surface area contributed by atoms with Crippen molar-refractivity contribution >= 4 is 11.6 Å². The SMILES string of the molecule is C[C@H]1NC(C)(C)CO[C@@]1(O)c1cccc(Cl)c1. The summed E-state index contributed by atoms with van der Waals surface area (Å²) < 4.78 is 5.67. The van der Waals surface area contributed by atoms with Gasteiger partial charge < -0.3 is 15.2 Å². The van der Waals surface area contributed by atoms with E-state index in [1.165, 1.54) is 0 Å². The van der Waals surface area contributed by atoms with Gasteiger partial charge in [0.2, 0.25) is 5.79 Å². The quantitative estimate of drug-likeness (QED) is 0.809. The molecule has 0 spiro atoms. The smallest absolute Gasteiger partial charge is 0.208 e. The van der Waals surface area contributed by atoms with Crippen LogP contribution in [-0.4, -0.2) is 23.3 Å². The third kappa shape index (κ3) is 2.47. The molecule has 0 aromatic heterocycles. The van der Waals surface area contributed by atoms with Crippen molar-refractivity contribution in [3.63, 3.8) is 0 Å². The second-order valence-electron chi connectivity index (χ2n) is 5.25. The van der Waals surface area contributed by atoms with E-state index in [-0.39, 0.29) is 11.6 Å². The van der Waals surface area contributed by atoms with Crippen LogP contribution in [0, 0.1) is 0 Å². The lowest BCUT2D eigenvalue weighted by Crippen LogP contribution is -2.63. The van der Waals surface area contributed by atoms with Crippen molar-refractivity contribution < 1.29 is 9.84 Å². The van der Waals surface area contributed by atoms with E-state index >= 15 is 0 Å². The van der Waals surface area contributed by atoms with Crippen LogP contribution in [0.5, 0.6) is 0 Å². The number of hydrogen-bond donors (Lipinski definition) is 2. The van der Waals surface area contributed by atoms with Crippen LogP contribution in [0.25, 0.3) is 0 Å². The lowest BCUT2D eigenvalue weighted by atomic mass is 9.93. The Hall–Kier alpha value is -0.610. The van der Waals surface area contributed by atoms with E-state index in [2.05, 4.69) is 5.32 Å². The van der Waals surface area contributed by atoms with Gasteiger partial charge in [0.05, 0.1) is 12.6 Å². The van der Waals surface area contributed by atoms with E-state index in [4.69, 9.17) is 16.3 Å². The summed E-state index contributed by atoms with van der Waals surface area (Å²) >= 11 is 5.94. The van der Waals surface area contributed by atoms with Gasteiger partial charge in [-0.2, -0.15) is 0 Å². The Morgan fingerprint density at radius 2 is 2.18 bits per heavy atom. The molecule has 1 aromatic carbocycles. The normalized spacial score (nSPS) is 32.4. The predicted molar refractivity (Wildman–Crippen MR) is 68.0 cm³/mol. The summed E-state index contributed by atoms with van der Waals surface area (Å²) in [7, 11) is 0. The Morgan fingerprint density at radius 3 is 2.76 bits per heavy atom. The van der Waals surface area contributed by atoms with Gasteiger partial charge in [-0.25, -0.2) is 0 Å². The third-order valence-corrected chi connectivity index (χ3v) is 3.32. The van der Waals surface area contributed by atoms with Crippen molar-refractivity contribution in [2.75, 3.05) is 6.61 Å². The summed E-state index contributed by atoms with van der Waals surface area (Å²) in [6.45, 7) is 6.43. The van der Waals surface area contributed by atoms with Crippen LogP contribution < -0.4 is 5.32 Å². The molecule has 1 aliphatic heterocycles. The fraction of sp³-hybridized carbons (Fsp3) is 0.538. The highest BCUT2D eigenvalue weighted by Gasteiger charge is 2.44. The minimum atomic E-state index is -1.32. The average molecular weight is 256 g/mol. The number of nitrogens with one attached hydrogen (secondary N) is 1. The van der Waals surface area contributed by atoms with Crippen LogP contribution >= 0.6 is 11.6 Å². The molecule has 3 nitrogen and oxygen atoms in total. The minimum Gasteiger partial charge on any atom is -0.361 e. The first-order valence-corrected chi connectivity index (χ1v) is 6.11. The van der Waals surface area contributed by atoms with E-state index in [1.807, 2.05) is 32.9 Å². The summed E-state index contributed by atoms with van der Waals surface area (Å²) in [6.07, 6.45) is 0. The third-order valence-electron chi connectivity index (χ3n) is 3.09. The molecule has 1 fully saturated rings. The number of halogens is 1. The maximum absolute atomic E-state index is 10.6. The van der Waals surface area contributed by atoms with E-state index < -0.39 is 5.79 Å². The van der Waals surface area contributed by atoms with Crippen molar-refractivity contribution in [2.24, 2.45) is 0 Å². The predicted octanol–water partition coefficient (Wildman–Crippen LogP) is 2.27. The van der Waals surface area contributed by atoms with Crippen LogP contribution in [0.2, 0.25) is 5.02 Å². The van der Waals surface area contributed by atoms with Crippen LogP contribution in [0.1, 0.15) is 26.3 Å². The molecule has 0 amide bonds. The van der Waals surface area contributed by atoms with E-state index in [9.17, 15) is 5.11 Å². The first kappa shape index (κ1) is 12.8. The summed E-state index contributed by atoms with van der Waals surface area (Å²) in [5.74, 6) is -1.32. The minimum absolute atomic E-state index is 0.135. The lowest BCUT2D eigenvalue weighted by Gasteiger charge is -2.46. The molecule has 2 N–H and O–H groups in total. The molecule has 2 rings (SSSR count). The van der Waals surface area contributed by atoms with Gasteiger partial charge in [0.15, 0.2) is 0 Å². The van der Waals surface area contributed by atoms with Crippen molar-refractivity contribution in [1.82, 2.24) is 5.32 Å². The van der Waals surface area contributed by atoms with Gasteiger partial charge in [-0.1, -0.05) is 23.7 Å². The van der Waals surface area contributed by atoms with Crippen LogP contribution in [0.3, 0.4) is 0 Å². The molecular weight excluding hydrogens is 238 g/mol. The highest BCUT2D eigenvalue weighted by molar-refractivity contribution is 6.30. The van der Waals surface area contributed by atoms with Gasteiger partial charge in [0.25, 0.3) is 0 Å². The lowest BCUT2D eigenvalue weighted by molar-refractivity contribution is -0.263. The average Bonchev–Trinajstić information content (AvgIpc) is 2.24. The van der Waals surface area contributed by atoms with Gasteiger partial charge in [0, 0.05) is 16.1 Å². The highest BCUT2D eigenvalue weighted by atomic mass is 35.5. The Kier molecular flexibility index (Phi) is 3.21. The van der Waals surface area contributed by atoms with Crippen molar-refractivity contribution in [2.45, 2.75) is 38.1 Å². The Bertz CT molecular complexity index is 422. The summed E-state index contributed by atoms with van der Waals surface area (Å²) in [5.41, 5.74) is 0.546. The maximum atomic E-state index is 10.6. The Balaban J connectivity index is 2.31. The molecule has 0 radical (unpaired) electrons. The fourth-order valence-electron chi connectivity index (χ4n) is 2.19. The van der Waals surface area contributed by atoms with Crippen LogP contribution in [0.15, 0.2) is 24.3 Å². The molecule has 2 atom stereocenters. The molecule has 17 heavy (non-hydrogen) atoms. The van der Waals surface area contributed by atoms with Crippen molar-refractivity contribution in [1.29, 1.82) is 0 Å². The summed E-state index contributed by atoms with van der Waals surface area (Å²) in [6, 6.07) is 6.94. The zero-order chi connectivity index (χ0) is 12.7. The largest absolute Gasteiger partial charge is 0.361 e. The van der Waals surface area contributed by atoms with Crippen molar-refractivity contribution in [3.8, 4) is 0 Å². The molecule has 0 unspecified atom stereocenters. The molecule has 1 aliphatic rings. The van der Waals surface area contributed by atoms with Gasteiger partial charge in [-0.3, -0.25) is 0 Å². The number of aliphatic hydroxyl groups is 1. The number of hydrogen-bond acceptors (Lipinski definition) is 3. The van der Waals surface area contributed by atoms with Gasteiger partial charge in [-0.15, -0.1) is 0 Å². The number of benzene rings is 1. The Labute approximate surface area is 107 Å². The van der Waals surface area contributed by atoms with Gasteiger partial charge >= 0.3 is 0 Å². The molecule has 0 bridgehead atoms. The first-order chi connectivity index (χ1) is 7.83. The molecular formula is C13H18ClNO2. The molecule has 4 heteroatoms. The monoisotopic (exact) mass is 255 g/mol. The zero-order valence-corrected chi connectivity index (χ0v) is 11.1. The first-order valence-electron chi connectivity index (χ1n) is 5.74. The maximum Gasteiger partial charge on any atom is 0.208 e. The fourth-order valence-corrected chi connectivity index (χ4v) is 2.38. The van der Waals surface area contributed by atoms with Crippen LogP contribution in [0.4, 0.5) is 0 Å². The van der Waals surface area contributed by atoms with E-state index in [1.54, 1.807) is 12.1 Å². The highest BCUT2D eigenvalue weighted by Crippen LogP contribution is 2.33. The van der Waals surface area contributed by atoms with E-state index in [0.29, 0.717) is 17.2 Å². The van der Waals surface area contributed by atoms with Crippen molar-refractivity contribution in [3.05, 3.63) is 34.9 Å². The number of morpholine rings is 1. The Morgan fingerprint density at radius 1 is 1.47 bits per heavy atom. The van der Waals surface area contributed by atoms with Crippen LogP contribution in [-0.2, 0) is 10.5 Å². The molecule has 0 aliphatic carbocycles. The molecule has 1 aromatic rings. The second-order valence-corrected chi connectivity index (χ2v) is 5.68. The molecule has 94 valence electrons.